The number of hydrogen-bond acceptors (Lipinski definition) is 3. The molecule has 2 aliphatic rings. The minimum absolute atomic E-state index is 0.203. The van der Waals surface area contributed by atoms with Crippen LogP contribution in [0.25, 0.3) is 0 Å². The highest BCUT2D eigenvalue weighted by Crippen LogP contribution is 2.33. The third-order valence-electron chi connectivity index (χ3n) is 4.98. The molecule has 0 radical (unpaired) electrons. The van der Waals surface area contributed by atoms with Gasteiger partial charge in [0.25, 0.3) is 0 Å². The van der Waals surface area contributed by atoms with Crippen LogP contribution in [-0.4, -0.2) is 55.2 Å². The molecule has 1 fully saturated rings. The fourth-order valence-electron chi connectivity index (χ4n) is 3.51. The molecule has 0 aromatic heterocycles. The van der Waals surface area contributed by atoms with Crippen LogP contribution in [0.3, 0.4) is 0 Å². The molecule has 23 heavy (non-hydrogen) atoms. The Morgan fingerprint density at radius 1 is 1.17 bits per heavy atom. The summed E-state index contributed by atoms with van der Waals surface area (Å²) in [6.07, 6.45) is 3.36. The van der Waals surface area contributed by atoms with Crippen LogP contribution in [-0.2, 0) is 11.8 Å². The van der Waals surface area contributed by atoms with E-state index in [0.29, 0.717) is 6.10 Å². The fraction of sp³-hybridized carbons (Fsp3) is 0.600. The van der Waals surface area contributed by atoms with Gasteiger partial charge < -0.3 is 4.74 Å². The van der Waals surface area contributed by atoms with Gasteiger partial charge >= 0.3 is 0 Å². The van der Waals surface area contributed by atoms with Crippen molar-refractivity contribution in [3.8, 4) is 5.75 Å². The Morgan fingerprint density at radius 2 is 1.87 bits per heavy atom. The monoisotopic (exact) mass is 314 g/mol. The highest BCUT2D eigenvalue weighted by atomic mass is 16.5. The first-order valence-electron chi connectivity index (χ1n) is 8.81. The predicted octanol–water partition coefficient (Wildman–Crippen LogP) is 3.09. The molecule has 1 aromatic rings. The summed E-state index contributed by atoms with van der Waals surface area (Å²) in [5, 5.41) is 0. The maximum Gasteiger partial charge on any atom is 0.123 e. The van der Waals surface area contributed by atoms with Gasteiger partial charge in [0.15, 0.2) is 0 Å². The molecule has 1 aromatic carbocycles. The van der Waals surface area contributed by atoms with Gasteiger partial charge in [-0.3, -0.25) is 9.80 Å². The van der Waals surface area contributed by atoms with Gasteiger partial charge in [-0.15, -0.1) is 6.58 Å². The van der Waals surface area contributed by atoms with Crippen LogP contribution in [0.15, 0.2) is 30.9 Å². The summed E-state index contributed by atoms with van der Waals surface area (Å²) in [4.78, 5) is 5.00. The van der Waals surface area contributed by atoms with E-state index < -0.39 is 0 Å². The third-order valence-corrected chi connectivity index (χ3v) is 4.98. The Bertz CT molecular complexity index is 553. The minimum Gasteiger partial charge on any atom is -0.488 e. The summed E-state index contributed by atoms with van der Waals surface area (Å²) in [5.74, 6) is 1.09. The Balaban J connectivity index is 1.55. The molecule has 1 saturated heterocycles. The van der Waals surface area contributed by atoms with Crippen molar-refractivity contribution in [3.63, 3.8) is 0 Å². The van der Waals surface area contributed by atoms with E-state index >= 15 is 0 Å². The van der Waals surface area contributed by atoms with Crippen molar-refractivity contribution in [3.05, 3.63) is 42.0 Å². The molecule has 0 saturated carbocycles. The quantitative estimate of drug-likeness (QED) is 0.794. The lowest BCUT2D eigenvalue weighted by Crippen LogP contribution is -2.49. The zero-order valence-electron chi connectivity index (χ0n) is 14.8. The first kappa shape index (κ1) is 16.5. The summed E-state index contributed by atoms with van der Waals surface area (Å²) in [5.41, 5.74) is 2.99. The van der Waals surface area contributed by atoms with Gasteiger partial charge in [0.2, 0.25) is 0 Å². The lowest BCUT2D eigenvalue weighted by atomic mass is 9.86. The summed E-state index contributed by atoms with van der Waals surface area (Å²) in [6, 6.07) is 6.73. The van der Waals surface area contributed by atoms with Gasteiger partial charge in [-0.25, -0.2) is 0 Å². The second kappa shape index (κ2) is 6.66. The average Bonchev–Trinajstić information content (AvgIpc) is 2.90. The van der Waals surface area contributed by atoms with Crippen LogP contribution >= 0.6 is 0 Å². The lowest BCUT2D eigenvalue weighted by molar-refractivity contribution is 0.0976. The highest BCUT2D eigenvalue weighted by Gasteiger charge is 2.27. The number of ether oxygens (including phenoxy) is 1. The largest absolute Gasteiger partial charge is 0.488 e. The molecule has 0 spiro atoms. The summed E-state index contributed by atoms with van der Waals surface area (Å²) in [7, 11) is 0. The van der Waals surface area contributed by atoms with Crippen molar-refractivity contribution in [1.29, 1.82) is 0 Å². The van der Waals surface area contributed by atoms with Gasteiger partial charge in [-0.2, -0.15) is 0 Å². The summed E-state index contributed by atoms with van der Waals surface area (Å²) in [6.45, 7) is 17.2. The van der Waals surface area contributed by atoms with Crippen molar-refractivity contribution < 1.29 is 4.74 Å². The molecule has 0 aliphatic carbocycles. The van der Waals surface area contributed by atoms with Crippen molar-refractivity contribution in [2.75, 3.05) is 39.3 Å². The minimum atomic E-state index is 0.203. The van der Waals surface area contributed by atoms with E-state index in [-0.39, 0.29) is 5.41 Å². The summed E-state index contributed by atoms with van der Waals surface area (Å²) >= 11 is 0. The number of fused-ring (bicyclic) bond motifs is 1. The van der Waals surface area contributed by atoms with E-state index in [9.17, 15) is 0 Å². The van der Waals surface area contributed by atoms with Crippen molar-refractivity contribution in [2.45, 2.75) is 38.7 Å². The Labute approximate surface area is 140 Å². The van der Waals surface area contributed by atoms with Crippen LogP contribution in [0.2, 0.25) is 0 Å². The van der Waals surface area contributed by atoms with Gasteiger partial charge in [0.1, 0.15) is 11.9 Å². The van der Waals surface area contributed by atoms with Crippen LogP contribution in [0.5, 0.6) is 5.75 Å². The molecule has 3 nitrogen and oxygen atoms in total. The lowest BCUT2D eigenvalue weighted by Gasteiger charge is -2.35. The van der Waals surface area contributed by atoms with Gasteiger partial charge in [-0.05, 0) is 22.6 Å². The number of hydrogen-bond donors (Lipinski definition) is 0. The van der Waals surface area contributed by atoms with Crippen LogP contribution in [0.4, 0.5) is 0 Å². The zero-order valence-corrected chi connectivity index (χ0v) is 14.8. The van der Waals surface area contributed by atoms with Crippen LogP contribution in [0.1, 0.15) is 31.9 Å². The topological polar surface area (TPSA) is 15.7 Å². The second-order valence-corrected chi connectivity index (χ2v) is 7.91. The Hall–Kier alpha value is -1.32. The molecule has 2 aliphatic heterocycles. The van der Waals surface area contributed by atoms with Crippen LogP contribution < -0.4 is 4.74 Å². The molecule has 0 amide bonds. The molecular weight excluding hydrogens is 284 g/mol. The number of rotatable bonds is 4. The normalized spacial score (nSPS) is 22.7. The van der Waals surface area contributed by atoms with E-state index in [0.717, 1.165) is 51.4 Å². The van der Waals surface area contributed by atoms with Crippen molar-refractivity contribution >= 4 is 0 Å². The van der Waals surface area contributed by atoms with Crippen molar-refractivity contribution in [2.24, 2.45) is 0 Å². The van der Waals surface area contributed by atoms with Crippen molar-refractivity contribution in [1.82, 2.24) is 9.80 Å². The van der Waals surface area contributed by atoms with E-state index in [2.05, 4.69) is 55.3 Å². The number of benzene rings is 1. The average molecular weight is 314 g/mol. The van der Waals surface area contributed by atoms with Gasteiger partial charge in [0, 0.05) is 45.7 Å². The second-order valence-electron chi connectivity index (χ2n) is 7.91. The molecule has 3 heteroatoms. The van der Waals surface area contributed by atoms with Gasteiger partial charge in [0.05, 0.1) is 0 Å². The predicted molar refractivity (Wildman–Crippen MR) is 96.3 cm³/mol. The maximum absolute atomic E-state index is 6.18. The smallest absolute Gasteiger partial charge is 0.123 e. The summed E-state index contributed by atoms with van der Waals surface area (Å²) < 4.78 is 6.18. The Kier molecular flexibility index (Phi) is 4.79. The SMILES string of the molecule is C=CCN1CCN(CC2Cc3cc(C(C)(C)C)ccc3O2)CC1. The van der Waals surface area contributed by atoms with Gasteiger partial charge in [-0.1, -0.05) is 39.0 Å². The number of piperazine rings is 1. The molecule has 126 valence electrons. The first-order chi connectivity index (χ1) is 11.0. The molecule has 0 bridgehead atoms. The van der Waals surface area contributed by atoms with E-state index in [1.54, 1.807) is 0 Å². The molecule has 2 heterocycles. The molecular formula is C20H30N2O. The maximum atomic E-state index is 6.18. The molecule has 1 unspecified atom stereocenters. The highest BCUT2D eigenvalue weighted by molar-refractivity contribution is 5.42. The van der Waals surface area contributed by atoms with E-state index in [1.165, 1.54) is 11.1 Å². The number of nitrogens with zero attached hydrogens (tertiary/aromatic N) is 2. The van der Waals surface area contributed by atoms with Crippen LogP contribution in [0, 0.1) is 0 Å². The molecule has 1 atom stereocenters. The molecule has 0 N–H and O–H groups in total. The molecule has 3 rings (SSSR count). The standard InChI is InChI=1S/C20H30N2O/c1-5-8-21-9-11-22(12-10-21)15-18-14-16-13-17(20(2,3)4)6-7-19(16)23-18/h5-7,13,18H,1,8-12,14-15H2,2-4H3. The van der Waals surface area contributed by atoms with E-state index in [4.69, 9.17) is 4.74 Å². The first-order valence-corrected chi connectivity index (χ1v) is 8.81. The Morgan fingerprint density at radius 3 is 2.52 bits per heavy atom. The zero-order chi connectivity index (χ0) is 16.4. The van der Waals surface area contributed by atoms with E-state index in [1.807, 2.05) is 6.08 Å². The third kappa shape index (κ3) is 3.96. The fourth-order valence-corrected chi connectivity index (χ4v) is 3.51.